The molecule has 3 rings (SSSR count). The van der Waals surface area contributed by atoms with Crippen molar-refractivity contribution in [1.29, 1.82) is 0 Å². The molecule has 1 atom stereocenters. The lowest BCUT2D eigenvalue weighted by molar-refractivity contribution is 0.0735. The van der Waals surface area contributed by atoms with Gasteiger partial charge in [0.05, 0.1) is 0 Å². The molecule has 2 aliphatic heterocycles. The molecule has 144 valence electrons. The van der Waals surface area contributed by atoms with E-state index in [0.717, 1.165) is 69.1 Å². The highest BCUT2D eigenvalue weighted by atomic mass is 16.2. The maximum Gasteiger partial charge on any atom is 0.291 e. The van der Waals surface area contributed by atoms with Crippen LogP contribution in [0, 0.1) is 19.8 Å². The molecule has 1 amide bonds. The Kier molecular flexibility index (Phi) is 5.77. The number of anilines is 1. The highest BCUT2D eigenvalue weighted by Gasteiger charge is 2.26. The molecule has 7 nitrogen and oxygen atoms in total. The van der Waals surface area contributed by atoms with Crippen molar-refractivity contribution in [3.63, 3.8) is 0 Å². The predicted molar refractivity (Wildman–Crippen MR) is 103 cm³/mol. The van der Waals surface area contributed by atoms with Crippen LogP contribution in [0.1, 0.15) is 41.1 Å². The molecule has 0 bridgehead atoms. The number of aromatic nitrogens is 2. The van der Waals surface area contributed by atoms with Gasteiger partial charge in [0.1, 0.15) is 5.82 Å². The molecule has 0 radical (unpaired) electrons. The minimum absolute atomic E-state index is 0.0863. The number of piperidine rings is 1. The van der Waals surface area contributed by atoms with E-state index in [1.807, 2.05) is 20.9 Å². The largest absolute Gasteiger partial charge is 0.355 e. The summed E-state index contributed by atoms with van der Waals surface area (Å²) in [5.41, 5.74) is 7.95. The van der Waals surface area contributed by atoms with Gasteiger partial charge in [0.25, 0.3) is 5.91 Å². The van der Waals surface area contributed by atoms with E-state index in [9.17, 15) is 4.79 Å². The lowest BCUT2D eigenvalue weighted by Gasteiger charge is -2.31. The van der Waals surface area contributed by atoms with Crippen LogP contribution in [0.15, 0.2) is 0 Å². The Morgan fingerprint density at radius 2 is 1.88 bits per heavy atom. The molecule has 7 heteroatoms. The summed E-state index contributed by atoms with van der Waals surface area (Å²) < 4.78 is 0. The first-order valence-electron chi connectivity index (χ1n) is 9.65. The predicted octanol–water partition coefficient (Wildman–Crippen LogP) is 1.04. The average molecular weight is 361 g/mol. The van der Waals surface area contributed by atoms with Crippen LogP contribution >= 0.6 is 0 Å². The minimum Gasteiger partial charge on any atom is -0.355 e. The van der Waals surface area contributed by atoms with E-state index in [0.29, 0.717) is 11.7 Å². The molecule has 2 fully saturated rings. The molecule has 2 saturated heterocycles. The Balaban J connectivity index is 1.73. The summed E-state index contributed by atoms with van der Waals surface area (Å²) >= 11 is 0. The van der Waals surface area contributed by atoms with E-state index >= 15 is 0 Å². The fourth-order valence-corrected chi connectivity index (χ4v) is 3.88. The maximum absolute atomic E-state index is 12.9. The highest BCUT2D eigenvalue weighted by molar-refractivity contribution is 5.90. The monoisotopic (exact) mass is 360 g/mol. The number of amides is 1. The number of aryl methyl sites for hydroxylation is 1. The van der Waals surface area contributed by atoms with Gasteiger partial charge in [-0.1, -0.05) is 0 Å². The Bertz CT molecular complexity index is 656. The van der Waals surface area contributed by atoms with E-state index in [2.05, 4.69) is 26.8 Å². The Hall–Kier alpha value is -1.73. The van der Waals surface area contributed by atoms with E-state index < -0.39 is 0 Å². The van der Waals surface area contributed by atoms with Gasteiger partial charge in [-0.15, -0.1) is 0 Å². The van der Waals surface area contributed by atoms with Crippen molar-refractivity contribution in [3.8, 4) is 0 Å². The number of nitrogens with zero attached hydrogens (tertiary/aromatic N) is 5. The van der Waals surface area contributed by atoms with Crippen molar-refractivity contribution in [3.05, 3.63) is 17.1 Å². The Labute approximate surface area is 156 Å². The second-order valence-electron chi connectivity index (χ2n) is 8.01. The van der Waals surface area contributed by atoms with E-state index in [-0.39, 0.29) is 11.9 Å². The standard InChI is InChI=1S/C19H32N6O/c1-13-14(2)21-17(22-18(13)25-10-7-16(20)12-25)19(26)24(4)11-15-5-8-23(3)9-6-15/h15-16H,5-12,20H2,1-4H3/t16-/m1/s1. The first kappa shape index (κ1) is 19.0. The maximum atomic E-state index is 12.9. The van der Waals surface area contributed by atoms with Gasteiger partial charge in [-0.2, -0.15) is 0 Å². The lowest BCUT2D eigenvalue weighted by Crippen LogP contribution is -2.38. The summed E-state index contributed by atoms with van der Waals surface area (Å²) in [7, 11) is 4.02. The molecule has 26 heavy (non-hydrogen) atoms. The van der Waals surface area contributed by atoms with Crippen LogP contribution in [0.3, 0.4) is 0 Å². The summed E-state index contributed by atoms with van der Waals surface area (Å²) in [6, 6.07) is 0.177. The van der Waals surface area contributed by atoms with E-state index in [4.69, 9.17) is 5.73 Å². The molecular weight excluding hydrogens is 328 g/mol. The number of hydrogen-bond acceptors (Lipinski definition) is 6. The third kappa shape index (κ3) is 4.15. The molecule has 0 aromatic carbocycles. The second-order valence-corrected chi connectivity index (χ2v) is 8.01. The van der Waals surface area contributed by atoms with Gasteiger partial charge in [-0.3, -0.25) is 4.79 Å². The van der Waals surface area contributed by atoms with Crippen molar-refractivity contribution >= 4 is 11.7 Å². The number of carbonyl (C=O) groups excluding carboxylic acids is 1. The van der Waals surface area contributed by atoms with Crippen molar-refractivity contribution in [1.82, 2.24) is 19.8 Å². The number of nitrogens with two attached hydrogens (primary N) is 1. The summed E-state index contributed by atoms with van der Waals surface area (Å²) in [6.07, 6.45) is 3.24. The fraction of sp³-hybridized carbons (Fsp3) is 0.737. The van der Waals surface area contributed by atoms with Gasteiger partial charge in [0.15, 0.2) is 0 Å². The minimum atomic E-state index is -0.0863. The molecular formula is C19H32N6O. The van der Waals surface area contributed by atoms with Crippen LogP contribution in [0.5, 0.6) is 0 Å². The zero-order chi connectivity index (χ0) is 18.8. The number of likely N-dealkylation sites (tertiary alicyclic amines) is 1. The smallest absolute Gasteiger partial charge is 0.291 e. The normalized spacial score (nSPS) is 22.0. The molecule has 1 aromatic heterocycles. The molecule has 3 heterocycles. The Morgan fingerprint density at radius 1 is 1.19 bits per heavy atom. The van der Waals surface area contributed by atoms with Gasteiger partial charge in [0.2, 0.25) is 5.82 Å². The van der Waals surface area contributed by atoms with Crippen molar-refractivity contribution in [2.45, 2.75) is 39.2 Å². The molecule has 0 aliphatic carbocycles. The van der Waals surface area contributed by atoms with Crippen molar-refractivity contribution in [2.24, 2.45) is 11.7 Å². The molecule has 2 N–H and O–H groups in total. The topological polar surface area (TPSA) is 78.6 Å². The van der Waals surface area contributed by atoms with Crippen LogP contribution in [0.2, 0.25) is 0 Å². The van der Waals surface area contributed by atoms with E-state index in [1.165, 1.54) is 0 Å². The number of carbonyl (C=O) groups is 1. The van der Waals surface area contributed by atoms with Crippen molar-refractivity contribution in [2.75, 3.05) is 51.7 Å². The van der Waals surface area contributed by atoms with Crippen LogP contribution in [-0.2, 0) is 0 Å². The second kappa shape index (κ2) is 7.88. The highest BCUT2D eigenvalue weighted by Crippen LogP contribution is 2.24. The average Bonchev–Trinajstić information content (AvgIpc) is 3.04. The molecule has 0 unspecified atom stereocenters. The van der Waals surface area contributed by atoms with Gasteiger partial charge in [-0.25, -0.2) is 9.97 Å². The number of rotatable bonds is 4. The summed E-state index contributed by atoms with van der Waals surface area (Å²) in [5.74, 6) is 1.64. The fourth-order valence-electron chi connectivity index (χ4n) is 3.88. The van der Waals surface area contributed by atoms with E-state index in [1.54, 1.807) is 4.90 Å². The van der Waals surface area contributed by atoms with Crippen LogP contribution in [-0.4, -0.2) is 78.5 Å². The molecule has 0 saturated carbocycles. The van der Waals surface area contributed by atoms with Crippen LogP contribution < -0.4 is 10.6 Å². The first-order chi connectivity index (χ1) is 12.3. The van der Waals surface area contributed by atoms with Gasteiger partial charge >= 0.3 is 0 Å². The third-order valence-corrected chi connectivity index (χ3v) is 5.80. The van der Waals surface area contributed by atoms with Gasteiger partial charge in [-0.05, 0) is 59.2 Å². The summed E-state index contributed by atoms with van der Waals surface area (Å²) in [5, 5.41) is 0. The Morgan fingerprint density at radius 3 is 2.50 bits per heavy atom. The van der Waals surface area contributed by atoms with Crippen LogP contribution in [0.4, 0.5) is 5.82 Å². The summed E-state index contributed by atoms with van der Waals surface area (Å²) in [6.45, 7) is 8.62. The summed E-state index contributed by atoms with van der Waals surface area (Å²) in [4.78, 5) is 28.4. The van der Waals surface area contributed by atoms with Crippen molar-refractivity contribution < 1.29 is 4.79 Å². The molecule has 0 spiro atoms. The zero-order valence-electron chi connectivity index (χ0n) is 16.5. The third-order valence-electron chi connectivity index (χ3n) is 5.80. The molecule has 2 aliphatic rings. The molecule has 1 aromatic rings. The van der Waals surface area contributed by atoms with Crippen LogP contribution in [0.25, 0.3) is 0 Å². The quantitative estimate of drug-likeness (QED) is 0.864. The van der Waals surface area contributed by atoms with Gasteiger partial charge < -0.3 is 20.4 Å². The van der Waals surface area contributed by atoms with Gasteiger partial charge in [0, 0.05) is 44.0 Å². The lowest BCUT2D eigenvalue weighted by atomic mass is 9.96. The first-order valence-corrected chi connectivity index (χ1v) is 9.65. The SMILES string of the molecule is Cc1nc(C(=O)N(C)CC2CCN(C)CC2)nc(N2CC[C@@H](N)C2)c1C. The zero-order valence-corrected chi connectivity index (χ0v) is 16.5. The number of hydrogen-bond donors (Lipinski definition) is 1.